The summed E-state index contributed by atoms with van der Waals surface area (Å²) >= 11 is 0. The molecule has 1 aromatic rings. The Hall–Kier alpha value is -1.69. The highest BCUT2D eigenvalue weighted by molar-refractivity contribution is 5.67. The van der Waals surface area contributed by atoms with Gasteiger partial charge in [-0.05, 0) is 17.7 Å². The van der Waals surface area contributed by atoms with Crippen molar-refractivity contribution in [3.05, 3.63) is 29.8 Å². The molecule has 0 heterocycles. The summed E-state index contributed by atoms with van der Waals surface area (Å²) in [5.41, 5.74) is 6.14. The van der Waals surface area contributed by atoms with Gasteiger partial charge in [0.2, 0.25) is 0 Å². The predicted molar refractivity (Wildman–Crippen MR) is 52.3 cm³/mol. The molecule has 0 fully saturated rings. The van der Waals surface area contributed by atoms with Gasteiger partial charge in [0.15, 0.2) is 0 Å². The van der Waals surface area contributed by atoms with Crippen LogP contribution in [0.1, 0.15) is 18.0 Å². The lowest BCUT2D eigenvalue weighted by Gasteiger charge is -2.10. The Morgan fingerprint density at radius 1 is 1.38 bits per heavy atom. The fourth-order valence-corrected chi connectivity index (χ4v) is 1.20. The summed E-state index contributed by atoms with van der Waals surface area (Å²) in [6.45, 7) is -2.88. The van der Waals surface area contributed by atoms with Gasteiger partial charge in [-0.25, -0.2) is 0 Å². The molecule has 0 saturated carbocycles. The van der Waals surface area contributed by atoms with Crippen LogP contribution in [0.2, 0.25) is 0 Å². The van der Waals surface area contributed by atoms with Gasteiger partial charge in [-0.15, -0.1) is 0 Å². The van der Waals surface area contributed by atoms with Crippen molar-refractivity contribution < 1.29 is 23.4 Å². The zero-order valence-electron chi connectivity index (χ0n) is 8.27. The van der Waals surface area contributed by atoms with Crippen LogP contribution in [0.5, 0.6) is 5.75 Å². The summed E-state index contributed by atoms with van der Waals surface area (Å²) in [4.78, 5) is 10.4. The molecule has 0 bridgehead atoms. The molecule has 1 atom stereocenters. The highest BCUT2D eigenvalue weighted by atomic mass is 19.3. The zero-order chi connectivity index (χ0) is 12.1. The van der Waals surface area contributed by atoms with Crippen molar-refractivity contribution in [1.82, 2.24) is 0 Å². The molecular formula is C10H11F2NO3. The molecule has 0 aliphatic carbocycles. The summed E-state index contributed by atoms with van der Waals surface area (Å²) in [5, 5.41) is 8.51. The van der Waals surface area contributed by atoms with E-state index in [1.54, 1.807) is 0 Å². The Balaban J connectivity index is 2.66. The Labute approximate surface area is 90.6 Å². The van der Waals surface area contributed by atoms with Gasteiger partial charge in [-0.1, -0.05) is 12.1 Å². The molecule has 0 amide bonds. The monoisotopic (exact) mass is 231 g/mol. The predicted octanol–water partition coefficient (Wildman–Crippen LogP) is 1.76. The number of ether oxygens (including phenoxy) is 1. The number of carbonyl (C=O) groups is 1. The van der Waals surface area contributed by atoms with Gasteiger partial charge in [-0.2, -0.15) is 8.78 Å². The number of rotatable bonds is 5. The summed E-state index contributed by atoms with van der Waals surface area (Å²) in [5.74, 6) is -0.998. The lowest BCUT2D eigenvalue weighted by atomic mass is 10.1. The van der Waals surface area contributed by atoms with Crippen LogP contribution in [0, 0.1) is 0 Å². The van der Waals surface area contributed by atoms with Crippen molar-refractivity contribution in [2.75, 3.05) is 0 Å². The van der Waals surface area contributed by atoms with E-state index in [0.717, 1.165) is 0 Å². The SMILES string of the molecule is NC(CC(=O)O)c1ccc(OC(F)F)cc1. The Bertz CT molecular complexity index is 354. The van der Waals surface area contributed by atoms with E-state index in [1.807, 2.05) is 0 Å². The molecule has 3 N–H and O–H groups in total. The molecule has 0 radical (unpaired) electrons. The molecule has 0 saturated heterocycles. The third kappa shape index (κ3) is 3.82. The average Bonchev–Trinajstić information content (AvgIpc) is 2.16. The molecule has 0 aromatic heterocycles. The highest BCUT2D eigenvalue weighted by Crippen LogP contribution is 2.19. The Kier molecular flexibility index (Phi) is 4.19. The quantitative estimate of drug-likeness (QED) is 0.809. The van der Waals surface area contributed by atoms with Gasteiger partial charge in [0.25, 0.3) is 0 Å². The van der Waals surface area contributed by atoms with Gasteiger partial charge in [0.05, 0.1) is 6.42 Å². The first-order valence-corrected chi connectivity index (χ1v) is 4.51. The first-order chi connectivity index (χ1) is 7.49. The number of carboxylic acids is 1. The maximum absolute atomic E-state index is 11.8. The van der Waals surface area contributed by atoms with E-state index in [4.69, 9.17) is 10.8 Å². The van der Waals surface area contributed by atoms with E-state index >= 15 is 0 Å². The molecule has 88 valence electrons. The van der Waals surface area contributed by atoms with E-state index in [9.17, 15) is 13.6 Å². The topological polar surface area (TPSA) is 72.6 Å². The minimum absolute atomic E-state index is 0.0151. The van der Waals surface area contributed by atoms with E-state index in [1.165, 1.54) is 24.3 Å². The van der Waals surface area contributed by atoms with E-state index in [-0.39, 0.29) is 12.2 Å². The second-order valence-corrected chi connectivity index (χ2v) is 3.15. The van der Waals surface area contributed by atoms with Crippen molar-refractivity contribution >= 4 is 5.97 Å². The van der Waals surface area contributed by atoms with Crippen molar-refractivity contribution in [1.29, 1.82) is 0 Å². The summed E-state index contributed by atoms with van der Waals surface area (Å²) in [6.07, 6.45) is -0.213. The number of carboxylic acid groups (broad SMARTS) is 1. The molecular weight excluding hydrogens is 220 g/mol. The van der Waals surface area contributed by atoms with Crippen LogP contribution in [0.15, 0.2) is 24.3 Å². The van der Waals surface area contributed by atoms with Crippen molar-refractivity contribution in [3.63, 3.8) is 0 Å². The Morgan fingerprint density at radius 3 is 2.38 bits per heavy atom. The summed E-state index contributed by atoms with van der Waals surface area (Å²) in [7, 11) is 0. The van der Waals surface area contributed by atoms with Crippen LogP contribution >= 0.6 is 0 Å². The highest BCUT2D eigenvalue weighted by Gasteiger charge is 2.11. The fraction of sp³-hybridized carbons (Fsp3) is 0.300. The largest absolute Gasteiger partial charge is 0.481 e. The van der Waals surface area contributed by atoms with Crippen LogP contribution in [0.3, 0.4) is 0 Å². The molecule has 16 heavy (non-hydrogen) atoms. The van der Waals surface area contributed by atoms with E-state index in [2.05, 4.69) is 4.74 Å². The Morgan fingerprint density at radius 2 is 1.94 bits per heavy atom. The number of alkyl halides is 2. The number of hydrogen-bond donors (Lipinski definition) is 2. The van der Waals surface area contributed by atoms with Gasteiger partial charge in [0.1, 0.15) is 5.75 Å². The number of halogens is 2. The molecule has 6 heteroatoms. The maximum Gasteiger partial charge on any atom is 0.387 e. The van der Waals surface area contributed by atoms with E-state index < -0.39 is 18.6 Å². The molecule has 0 aliphatic rings. The molecule has 1 rings (SSSR count). The number of benzene rings is 1. The fourth-order valence-electron chi connectivity index (χ4n) is 1.20. The second-order valence-electron chi connectivity index (χ2n) is 3.15. The molecule has 0 aliphatic heterocycles. The lowest BCUT2D eigenvalue weighted by Crippen LogP contribution is -2.14. The van der Waals surface area contributed by atoms with Crippen molar-refractivity contribution in [2.24, 2.45) is 5.73 Å². The van der Waals surface area contributed by atoms with Crippen LogP contribution in [-0.4, -0.2) is 17.7 Å². The van der Waals surface area contributed by atoms with Crippen LogP contribution < -0.4 is 10.5 Å². The normalized spacial score (nSPS) is 12.5. The first kappa shape index (κ1) is 12.4. The number of nitrogens with two attached hydrogens (primary N) is 1. The summed E-state index contributed by atoms with van der Waals surface area (Å²) in [6, 6.07) is 4.92. The molecule has 1 unspecified atom stereocenters. The van der Waals surface area contributed by atoms with Gasteiger partial charge in [0, 0.05) is 6.04 Å². The van der Waals surface area contributed by atoms with Crippen LogP contribution in [0.4, 0.5) is 8.78 Å². The third-order valence-electron chi connectivity index (χ3n) is 1.93. The van der Waals surface area contributed by atoms with Crippen molar-refractivity contribution in [2.45, 2.75) is 19.1 Å². The zero-order valence-corrected chi connectivity index (χ0v) is 8.27. The summed E-state index contributed by atoms with van der Waals surface area (Å²) < 4.78 is 27.8. The minimum Gasteiger partial charge on any atom is -0.481 e. The van der Waals surface area contributed by atoms with Gasteiger partial charge < -0.3 is 15.6 Å². The number of hydrogen-bond acceptors (Lipinski definition) is 3. The maximum atomic E-state index is 11.8. The van der Waals surface area contributed by atoms with Crippen molar-refractivity contribution in [3.8, 4) is 5.75 Å². The molecule has 0 spiro atoms. The van der Waals surface area contributed by atoms with Gasteiger partial charge in [-0.3, -0.25) is 4.79 Å². The average molecular weight is 231 g/mol. The first-order valence-electron chi connectivity index (χ1n) is 4.51. The third-order valence-corrected chi connectivity index (χ3v) is 1.93. The van der Waals surface area contributed by atoms with Crippen LogP contribution in [-0.2, 0) is 4.79 Å². The lowest BCUT2D eigenvalue weighted by molar-refractivity contribution is -0.137. The minimum atomic E-state index is -2.88. The molecule has 1 aromatic carbocycles. The standard InChI is InChI=1S/C10H11F2NO3/c11-10(12)16-7-3-1-6(2-4-7)8(13)5-9(14)15/h1-4,8,10H,5,13H2,(H,14,15). The van der Waals surface area contributed by atoms with E-state index in [0.29, 0.717) is 5.56 Å². The van der Waals surface area contributed by atoms with Gasteiger partial charge >= 0.3 is 12.6 Å². The smallest absolute Gasteiger partial charge is 0.387 e. The second kappa shape index (κ2) is 5.41. The van der Waals surface area contributed by atoms with Crippen LogP contribution in [0.25, 0.3) is 0 Å². The number of aliphatic carboxylic acids is 1. The molecule has 4 nitrogen and oxygen atoms in total.